The number of hydrogen-bond donors (Lipinski definition) is 0. The monoisotopic (exact) mass is 286 g/mol. The van der Waals surface area contributed by atoms with Crippen LogP contribution in [-0.2, 0) is 10.9 Å². The van der Waals surface area contributed by atoms with Gasteiger partial charge in [0.1, 0.15) is 0 Å². The van der Waals surface area contributed by atoms with Crippen molar-refractivity contribution in [2.75, 3.05) is 6.61 Å². The summed E-state index contributed by atoms with van der Waals surface area (Å²) in [6.07, 6.45) is -0.168. The van der Waals surface area contributed by atoms with Crippen molar-refractivity contribution < 1.29 is 22.7 Å². The second kappa shape index (κ2) is 6.39. The zero-order chi connectivity index (χ0) is 14.6. The van der Waals surface area contributed by atoms with E-state index in [2.05, 4.69) is 0 Å². The SMILES string of the molecule is O=C(CCC1CCCCO1)c1ccc(C(F)(F)F)cc1. The molecule has 1 saturated heterocycles. The molecule has 0 aliphatic carbocycles. The van der Waals surface area contributed by atoms with Gasteiger partial charge in [-0.15, -0.1) is 0 Å². The molecule has 0 aromatic heterocycles. The lowest BCUT2D eigenvalue weighted by Crippen LogP contribution is -2.20. The number of ketones is 1. The third-order valence-electron chi connectivity index (χ3n) is 3.50. The summed E-state index contributed by atoms with van der Waals surface area (Å²) in [5, 5.41) is 0. The van der Waals surface area contributed by atoms with Gasteiger partial charge in [0.25, 0.3) is 0 Å². The third-order valence-corrected chi connectivity index (χ3v) is 3.50. The van der Waals surface area contributed by atoms with Gasteiger partial charge in [0.05, 0.1) is 11.7 Å². The topological polar surface area (TPSA) is 26.3 Å². The van der Waals surface area contributed by atoms with Gasteiger partial charge in [-0.1, -0.05) is 12.1 Å². The Morgan fingerprint density at radius 3 is 2.45 bits per heavy atom. The van der Waals surface area contributed by atoms with Crippen LogP contribution in [0.15, 0.2) is 24.3 Å². The second-order valence-electron chi connectivity index (χ2n) is 5.03. The van der Waals surface area contributed by atoms with Gasteiger partial charge in [0.2, 0.25) is 0 Å². The first-order valence-electron chi connectivity index (χ1n) is 6.79. The maximum absolute atomic E-state index is 12.4. The van der Waals surface area contributed by atoms with Gasteiger partial charge in [-0.05, 0) is 37.8 Å². The van der Waals surface area contributed by atoms with E-state index in [-0.39, 0.29) is 11.9 Å². The minimum absolute atomic E-state index is 0.113. The molecular weight excluding hydrogens is 269 g/mol. The first kappa shape index (κ1) is 15.0. The quantitative estimate of drug-likeness (QED) is 0.774. The Kier molecular flexibility index (Phi) is 4.81. The van der Waals surface area contributed by atoms with Crippen LogP contribution in [0.5, 0.6) is 0 Å². The van der Waals surface area contributed by atoms with E-state index >= 15 is 0 Å². The van der Waals surface area contributed by atoms with Crippen molar-refractivity contribution >= 4 is 5.78 Å². The fourth-order valence-corrected chi connectivity index (χ4v) is 2.32. The predicted molar refractivity (Wildman–Crippen MR) is 68.6 cm³/mol. The number of halogens is 3. The number of Topliss-reactive ketones (excluding diaryl/α,β-unsaturated/α-hetero) is 1. The molecule has 1 aromatic rings. The zero-order valence-electron chi connectivity index (χ0n) is 11.1. The molecule has 0 bridgehead atoms. The van der Waals surface area contributed by atoms with Crippen molar-refractivity contribution in [2.24, 2.45) is 0 Å². The summed E-state index contributed by atoms with van der Waals surface area (Å²) in [6.45, 7) is 0.735. The van der Waals surface area contributed by atoms with Crippen molar-refractivity contribution in [3.8, 4) is 0 Å². The molecule has 1 atom stereocenters. The highest BCUT2D eigenvalue weighted by atomic mass is 19.4. The maximum atomic E-state index is 12.4. The average molecular weight is 286 g/mol. The molecule has 0 saturated carbocycles. The zero-order valence-corrected chi connectivity index (χ0v) is 11.1. The molecule has 0 N–H and O–H groups in total. The van der Waals surface area contributed by atoms with Crippen LogP contribution in [-0.4, -0.2) is 18.5 Å². The molecule has 2 rings (SSSR count). The van der Waals surface area contributed by atoms with Crippen LogP contribution in [0.25, 0.3) is 0 Å². The van der Waals surface area contributed by atoms with E-state index in [1.165, 1.54) is 12.1 Å². The molecule has 0 radical (unpaired) electrons. The molecule has 1 aromatic carbocycles. The molecule has 110 valence electrons. The lowest BCUT2D eigenvalue weighted by atomic mass is 9.99. The largest absolute Gasteiger partial charge is 0.416 e. The number of alkyl halides is 3. The van der Waals surface area contributed by atoms with E-state index in [1.807, 2.05) is 0 Å². The summed E-state index contributed by atoms with van der Waals surface area (Å²) >= 11 is 0. The van der Waals surface area contributed by atoms with Gasteiger partial charge >= 0.3 is 6.18 Å². The third kappa shape index (κ3) is 4.07. The second-order valence-corrected chi connectivity index (χ2v) is 5.03. The Balaban J connectivity index is 1.89. The first-order chi connectivity index (χ1) is 9.47. The van der Waals surface area contributed by atoms with E-state index in [4.69, 9.17) is 4.74 Å². The van der Waals surface area contributed by atoms with E-state index < -0.39 is 11.7 Å². The maximum Gasteiger partial charge on any atom is 0.416 e. The number of carbonyl (C=O) groups excluding carboxylic acids is 1. The molecule has 1 fully saturated rings. The highest BCUT2D eigenvalue weighted by molar-refractivity contribution is 5.96. The lowest BCUT2D eigenvalue weighted by Gasteiger charge is -2.22. The number of ether oxygens (including phenoxy) is 1. The van der Waals surface area contributed by atoms with Gasteiger partial charge in [-0.25, -0.2) is 0 Å². The van der Waals surface area contributed by atoms with Crippen LogP contribution >= 0.6 is 0 Å². The first-order valence-corrected chi connectivity index (χ1v) is 6.79. The smallest absolute Gasteiger partial charge is 0.378 e. The summed E-state index contributed by atoms with van der Waals surface area (Å²) in [7, 11) is 0. The lowest BCUT2D eigenvalue weighted by molar-refractivity contribution is -0.137. The fraction of sp³-hybridized carbons (Fsp3) is 0.533. The van der Waals surface area contributed by atoms with Crippen LogP contribution in [0.2, 0.25) is 0 Å². The van der Waals surface area contributed by atoms with E-state index in [0.29, 0.717) is 18.4 Å². The van der Waals surface area contributed by atoms with Gasteiger partial charge in [-0.3, -0.25) is 4.79 Å². The van der Waals surface area contributed by atoms with Crippen molar-refractivity contribution in [3.05, 3.63) is 35.4 Å². The number of benzene rings is 1. The van der Waals surface area contributed by atoms with E-state index in [0.717, 1.165) is 38.0 Å². The minimum atomic E-state index is -4.36. The molecule has 1 heterocycles. The molecule has 1 aliphatic rings. The molecule has 2 nitrogen and oxygen atoms in total. The Morgan fingerprint density at radius 2 is 1.90 bits per heavy atom. The van der Waals surface area contributed by atoms with Crippen LogP contribution in [0.4, 0.5) is 13.2 Å². The number of hydrogen-bond acceptors (Lipinski definition) is 2. The van der Waals surface area contributed by atoms with E-state index in [9.17, 15) is 18.0 Å². The summed E-state index contributed by atoms with van der Waals surface area (Å²) in [5.74, 6) is -0.132. The standard InChI is InChI=1S/C15H17F3O2/c16-15(17,18)12-6-4-11(5-7-12)14(19)9-8-13-3-1-2-10-20-13/h4-7,13H,1-3,8-10H2. The summed E-state index contributed by atoms with van der Waals surface area (Å²) in [5.41, 5.74) is -0.404. The summed E-state index contributed by atoms with van der Waals surface area (Å²) < 4.78 is 42.8. The molecule has 5 heteroatoms. The van der Waals surface area contributed by atoms with Gasteiger partial charge in [0, 0.05) is 18.6 Å². The Morgan fingerprint density at radius 1 is 1.20 bits per heavy atom. The van der Waals surface area contributed by atoms with Crippen molar-refractivity contribution in [3.63, 3.8) is 0 Å². The number of carbonyl (C=O) groups is 1. The predicted octanol–water partition coefficient (Wildman–Crippen LogP) is 4.24. The Hall–Kier alpha value is -1.36. The average Bonchev–Trinajstić information content (AvgIpc) is 2.45. The molecule has 20 heavy (non-hydrogen) atoms. The highest BCUT2D eigenvalue weighted by Gasteiger charge is 2.30. The van der Waals surface area contributed by atoms with Crippen LogP contribution in [0, 0.1) is 0 Å². The normalized spacial score (nSPS) is 19.9. The summed E-state index contributed by atoms with van der Waals surface area (Å²) in [4.78, 5) is 11.9. The van der Waals surface area contributed by atoms with Gasteiger partial charge in [0.15, 0.2) is 5.78 Å². The molecule has 0 amide bonds. The highest BCUT2D eigenvalue weighted by Crippen LogP contribution is 2.29. The van der Waals surface area contributed by atoms with Crippen LogP contribution in [0.1, 0.15) is 48.0 Å². The Bertz CT molecular complexity index is 445. The fourth-order valence-electron chi connectivity index (χ4n) is 2.32. The van der Waals surface area contributed by atoms with Crippen molar-refractivity contribution in [2.45, 2.75) is 44.4 Å². The van der Waals surface area contributed by atoms with Gasteiger partial charge < -0.3 is 4.74 Å². The van der Waals surface area contributed by atoms with E-state index in [1.54, 1.807) is 0 Å². The minimum Gasteiger partial charge on any atom is -0.378 e. The number of rotatable bonds is 4. The van der Waals surface area contributed by atoms with Crippen molar-refractivity contribution in [1.29, 1.82) is 0 Å². The van der Waals surface area contributed by atoms with Crippen LogP contribution in [0.3, 0.4) is 0 Å². The van der Waals surface area contributed by atoms with Crippen LogP contribution < -0.4 is 0 Å². The Labute approximate surface area is 115 Å². The molecule has 1 aliphatic heterocycles. The van der Waals surface area contributed by atoms with Gasteiger partial charge in [-0.2, -0.15) is 13.2 Å². The summed E-state index contributed by atoms with van der Waals surface area (Å²) in [6, 6.07) is 4.38. The van der Waals surface area contributed by atoms with Crippen molar-refractivity contribution in [1.82, 2.24) is 0 Å². The molecule has 1 unspecified atom stereocenters. The molecular formula is C15H17F3O2. The molecule has 0 spiro atoms.